The average molecular weight is 341 g/mol. The van der Waals surface area contributed by atoms with Crippen LogP contribution in [0.25, 0.3) is 0 Å². The first-order valence-electron chi connectivity index (χ1n) is 9.50. The summed E-state index contributed by atoms with van der Waals surface area (Å²) in [6.07, 6.45) is 9.36. The molecule has 0 amide bonds. The number of hydrogen-bond donors (Lipinski definition) is 1. The van der Waals surface area contributed by atoms with Crippen LogP contribution in [0, 0.1) is 5.82 Å². The predicted octanol–water partition coefficient (Wildman–Crippen LogP) is 5.61. The Labute approximate surface area is 150 Å². The van der Waals surface area contributed by atoms with Crippen molar-refractivity contribution in [1.82, 2.24) is 5.32 Å². The highest BCUT2D eigenvalue weighted by atomic mass is 19.1. The Kier molecular flexibility index (Phi) is 6.87. The maximum absolute atomic E-state index is 13.0. The summed E-state index contributed by atoms with van der Waals surface area (Å²) in [7, 11) is 0. The fourth-order valence-corrected chi connectivity index (χ4v) is 3.45. The molecule has 3 heteroatoms. The lowest BCUT2D eigenvalue weighted by Crippen LogP contribution is -2.29. The molecule has 0 spiro atoms. The van der Waals surface area contributed by atoms with Crippen LogP contribution in [0.15, 0.2) is 48.5 Å². The van der Waals surface area contributed by atoms with E-state index in [1.807, 2.05) is 12.1 Å². The molecule has 0 heterocycles. The zero-order valence-electron chi connectivity index (χ0n) is 14.8. The monoisotopic (exact) mass is 341 g/mol. The molecule has 0 bridgehead atoms. The van der Waals surface area contributed by atoms with Gasteiger partial charge in [-0.1, -0.05) is 62.4 Å². The van der Waals surface area contributed by atoms with Crippen molar-refractivity contribution in [1.29, 1.82) is 0 Å². The van der Waals surface area contributed by atoms with Crippen molar-refractivity contribution >= 4 is 0 Å². The molecular formula is C22H28FNO. The van der Waals surface area contributed by atoms with Crippen LogP contribution in [0.1, 0.15) is 56.1 Å². The van der Waals surface area contributed by atoms with Crippen LogP contribution in [-0.2, 0) is 13.2 Å². The molecule has 0 aliphatic heterocycles. The Morgan fingerprint density at radius 1 is 0.880 bits per heavy atom. The topological polar surface area (TPSA) is 21.3 Å². The maximum Gasteiger partial charge on any atom is 0.124 e. The zero-order chi connectivity index (χ0) is 17.3. The smallest absolute Gasteiger partial charge is 0.124 e. The van der Waals surface area contributed by atoms with E-state index in [9.17, 15) is 4.39 Å². The third kappa shape index (κ3) is 5.86. The van der Waals surface area contributed by atoms with Crippen molar-refractivity contribution in [2.75, 3.05) is 0 Å². The lowest BCUT2D eigenvalue weighted by molar-refractivity contribution is 0.300. The van der Waals surface area contributed by atoms with E-state index in [1.165, 1.54) is 62.6 Å². The highest BCUT2D eigenvalue weighted by Crippen LogP contribution is 2.21. The molecule has 1 aliphatic carbocycles. The fraction of sp³-hybridized carbons (Fsp3) is 0.455. The average Bonchev–Trinajstić information content (AvgIpc) is 2.61. The largest absolute Gasteiger partial charge is 0.489 e. The van der Waals surface area contributed by atoms with Crippen molar-refractivity contribution in [2.45, 2.75) is 64.1 Å². The van der Waals surface area contributed by atoms with Gasteiger partial charge in [0.25, 0.3) is 0 Å². The van der Waals surface area contributed by atoms with E-state index in [0.717, 1.165) is 17.9 Å². The summed E-state index contributed by atoms with van der Waals surface area (Å²) in [6.45, 7) is 1.30. The molecule has 25 heavy (non-hydrogen) atoms. The number of para-hydroxylation sites is 1. The van der Waals surface area contributed by atoms with Gasteiger partial charge >= 0.3 is 0 Å². The zero-order valence-corrected chi connectivity index (χ0v) is 14.8. The van der Waals surface area contributed by atoms with Crippen molar-refractivity contribution in [2.24, 2.45) is 0 Å². The molecule has 1 saturated carbocycles. The van der Waals surface area contributed by atoms with Gasteiger partial charge in [0.1, 0.15) is 18.2 Å². The van der Waals surface area contributed by atoms with Gasteiger partial charge in [0.2, 0.25) is 0 Å². The first kappa shape index (κ1) is 17.9. The molecule has 2 aromatic carbocycles. The Bertz CT molecular complexity index is 633. The van der Waals surface area contributed by atoms with E-state index in [-0.39, 0.29) is 5.82 Å². The van der Waals surface area contributed by atoms with Gasteiger partial charge in [-0.05, 0) is 36.6 Å². The van der Waals surface area contributed by atoms with Gasteiger partial charge in [0.05, 0.1) is 0 Å². The molecule has 134 valence electrons. The molecule has 0 atom stereocenters. The number of halogens is 1. The maximum atomic E-state index is 13.0. The van der Waals surface area contributed by atoms with Crippen molar-refractivity contribution < 1.29 is 9.13 Å². The van der Waals surface area contributed by atoms with Gasteiger partial charge < -0.3 is 10.1 Å². The third-order valence-corrected chi connectivity index (χ3v) is 4.97. The fourth-order valence-electron chi connectivity index (χ4n) is 3.45. The van der Waals surface area contributed by atoms with Gasteiger partial charge in [-0.25, -0.2) is 4.39 Å². The number of nitrogens with one attached hydrogen (secondary N) is 1. The highest BCUT2D eigenvalue weighted by molar-refractivity contribution is 5.33. The van der Waals surface area contributed by atoms with Crippen LogP contribution in [0.5, 0.6) is 5.75 Å². The van der Waals surface area contributed by atoms with E-state index in [0.29, 0.717) is 12.6 Å². The minimum atomic E-state index is -0.215. The summed E-state index contributed by atoms with van der Waals surface area (Å²) in [5.74, 6) is 0.692. The van der Waals surface area contributed by atoms with Gasteiger partial charge in [-0.3, -0.25) is 0 Å². The standard InChI is InChI=1S/C22H28FNO/c23-20-14-12-18(13-15-20)17-25-22-11-7-6-8-19(22)16-24-21-9-4-2-1-3-5-10-21/h6-8,11-15,21,24H,1-5,9-10,16-17H2. The number of benzene rings is 2. The van der Waals surface area contributed by atoms with Crippen LogP contribution < -0.4 is 10.1 Å². The minimum absolute atomic E-state index is 0.215. The molecule has 2 nitrogen and oxygen atoms in total. The summed E-state index contributed by atoms with van der Waals surface area (Å²) in [4.78, 5) is 0. The molecule has 2 aromatic rings. The molecular weight excluding hydrogens is 313 g/mol. The Balaban J connectivity index is 1.55. The minimum Gasteiger partial charge on any atom is -0.489 e. The van der Waals surface area contributed by atoms with Crippen molar-refractivity contribution in [3.63, 3.8) is 0 Å². The lowest BCUT2D eigenvalue weighted by atomic mass is 9.96. The lowest BCUT2D eigenvalue weighted by Gasteiger charge is -2.22. The highest BCUT2D eigenvalue weighted by Gasteiger charge is 2.12. The normalized spacial score (nSPS) is 16.2. The Morgan fingerprint density at radius 2 is 1.56 bits per heavy atom. The summed E-state index contributed by atoms with van der Waals surface area (Å²) in [5, 5.41) is 3.72. The summed E-state index contributed by atoms with van der Waals surface area (Å²) >= 11 is 0. The second kappa shape index (κ2) is 9.57. The van der Waals surface area contributed by atoms with Crippen LogP contribution in [0.4, 0.5) is 4.39 Å². The van der Waals surface area contributed by atoms with Crippen molar-refractivity contribution in [3.8, 4) is 5.75 Å². The van der Waals surface area contributed by atoms with Gasteiger partial charge in [0, 0.05) is 18.2 Å². The molecule has 1 N–H and O–H groups in total. The third-order valence-electron chi connectivity index (χ3n) is 4.97. The Morgan fingerprint density at radius 3 is 2.32 bits per heavy atom. The number of ether oxygens (including phenoxy) is 1. The molecule has 3 rings (SSSR count). The first-order valence-corrected chi connectivity index (χ1v) is 9.50. The summed E-state index contributed by atoms with van der Waals surface area (Å²) in [6, 6.07) is 15.3. The molecule has 1 aliphatic rings. The molecule has 0 saturated heterocycles. The van der Waals surface area contributed by atoms with E-state index < -0.39 is 0 Å². The molecule has 1 fully saturated rings. The second-order valence-corrected chi connectivity index (χ2v) is 6.95. The van der Waals surface area contributed by atoms with Crippen LogP contribution in [-0.4, -0.2) is 6.04 Å². The number of rotatable bonds is 6. The van der Waals surface area contributed by atoms with Gasteiger partial charge in [-0.15, -0.1) is 0 Å². The number of hydrogen-bond acceptors (Lipinski definition) is 2. The SMILES string of the molecule is Fc1ccc(COc2ccccc2CNC2CCCCCCC2)cc1. The predicted molar refractivity (Wildman–Crippen MR) is 100 cm³/mol. The van der Waals surface area contributed by atoms with E-state index >= 15 is 0 Å². The van der Waals surface area contributed by atoms with Gasteiger partial charge in [-0.2, -0.15) is 0 Å². The summed E-state index contributed by atoms with van der Waals surface area (Å²) < 4.78 is 19.0. The van der Waals surface area contributed by atoms with Crippen LogP contribution >= 0.6 is 0 Å². The second-order valence-electron chi connectivity index (χ2n) is 6.95. The van der Waals surface area contributed by atoms with Crippen LogP contribution in [0.2, 0.25) is 0 Å². The van der Waals surface area contributed by atoms with Crippen molar-refractivity contribution in [3.05, 3.63) is 65.5 Å². The molecule has 0 unspecified atom stereocenters. The van der Waals surface area contributed by atoms with E-state index in [1.54, 1.807) is 12.1 Å². The Hall–Kier alpha value is -1.87. The van der Waals surface area contributed by atoms with Crippen LogP contribution in [0.3, 0.4) is 0 Å². The molecule has 0 aromatic heterocycles. The summed E-state index contributed by atoms with van der Waals surface area (Å²) in [5.41, 5.74) is 2.16. The molecule has 0 radical (unpaired) electrons. The first-order chi connectivity index (χ1) is 12.3. The quantitative estimate of drug-likeness (QED) is 0.737. The van der Waals surface area contributed by atoms with E-state index in [4.69, 9.17) is 4.74 Å². The van der Waals surface area contributed by atoms with E-state index in [2.05, 4.69) is 17.4 Å². The van der Waals surface area contributed by atoms with Gasteiger partial charge in [0.15, 0.2) is 0 Å².